The van der Waals surface area contributed by atoms with Gasteiger partial charge in [0, 0.05) is 13.6 Å². The van der Waals surface area contributed by atoms with Gasteiger partial charge in [0.05, 0.1) is 23.7 Å². The van der Waals surface area contributed by atoms with Gasteiger partial charge in [0.2, 0.25) is 10.0 Å². The van der Waals surface area contributed by atoms with Crippen molar-refractivity contribution in [2.24, 2.45) is 0 Å². The average molecular weight is 301 g/mol. The number of nitrogens with zero attached hydrogens (tertiary/aromatic N) is 1. The van der Waals surface area contributed by atoms with Crippen LogP contribution in [0.25, 0.3) is 0 Å². The van der Waals surface area contributed by atoms with Gasteiger partial charge in [0.1, 0.15) is 0 Å². The molecule has 0 aliphatic carbocycles. The van der Waals surface area contributed by atoms with Crippen molar-refractivity contribution in [2.75, 3.05) is 20.2 Å². The first-order valence-electron chi connectivity index (χ1n) is 6.61. The Morgan fingerprint density at radius 3 is 2.50 bits per heavy atom. The number of rotatable bonds is 7. The Hall–Kier alpha value is -0.950. The molecule has 6 heteroatoms. The van der Waals surface area contributed by atoms with Crippen molar-refractivity contribution in [1.82, 2.24) is 4.31 Å². The van der Waals surface area contributed by atoms with Gasteiger partial charge in [0.25, 0.3) is 0 Å². The molecule has 5 nitrogen and oxygen atoms in total. The largest absolute Gasteiger partial charge is 0.389 e. The molecule has 0 saturated heterocycles. The van der Waals surface area contributed by atoms with Crippen LogP contribution in [0, 0.1) is 0 Å². The normalized spacial score (nSPS) is 13.9. The molecular formula is C14H23NO4S. The highest BCUT2D eigenvalue weighted by Crippen LogP contribution is 2.19. The summed E-state index contributed by atoms with van der Waals surface area (Å²) in [6, 6.07) is 6.36. The molecule has 114 valence electrons. The van der Waals surface area contributed by atoms with Gasteiger partial charge in [-0.3, -0.25) is 0 Å². The molecular weight excluding hydrogens is 278 g/mol. The molecule has 0 fully saturated rings. The van der Waals surface area contributed by atoms with Gasteiger partial charge in [-0.2, -0.15) is 4.31 Å². The molecule has 0 aromatic heterocycles. The second-order valence-electron chi connectivity index (χ2n) is 4.99. The van der Waals surface area contributed by atoms with Gasteiger partial charge in [0.15, 0.2) is 0 Å². The molecule has 1 aromatic carbocycles. The summed E-state index contributed by atoms with van der Waals surface area (Å²) in [5.41, 5.74) is 0.581. The van der Waals surface area contributed by atoms with Crippen molar-refractivity contribution in [1.29, 1.82) is 0 Å². The topological polar surface area (TPSA) is 66.8 Å². The van der Waals surface area contributed by atoms with E-state index >= 15 is 0 Å². The summed E-state index contributed by atoms with van der Waals surface area (Å²) in [5, 5.41) is 9.53. The lowest BCUT2D eigenvalue weighted by Gasteiger charge is -2.18. The van der Waals surface area contributed by atoms with E-state index in [1.165, 1.54) is 23.5 Å². The van der Waals surface area contributed by atoms with Crippen LogP contribution in [0.5, 0.6) is 0 Å². The van der Waals surface area contributed by atoms with Crippen LogP contribution in [0.3, 0.4) is 0 Å². The number of aliphatic hydroxyl groups is 1. The zero-order valence-electron chi connectivity index (χ0n) is 12.4. The smallest absolute Gasteiger partial charge is 0.242 e. The Bertz CT molecular complexity index is 526. The predicted molar refractivity (Wildman–Crippen MR) is 78.0 cm³/mol. The Morgan fingerprint density at radius 1 is 1.30 bits per heavy atom. The maximum atomic E-state index is 12.4. The summed E-state index contributed by atoms with van der Waals surface area (Å²) >= 11 is 0. The van der Waals surface area contributed by atoms with Crippen LogP contribution in [-0.4, -0.2) is 44.1 Å². The molecule has 1 aromatic rings. The maximum Gasteiger partial charge on any atom is 0.242 e. The zero-order chi connectivity index (χ0) is 15.3. The van der Waals surface area contributed by atoms with E-state index in [2.05, 4.69) is 0 Å². The number of benzene rings is 1. The quantitative estimate of drug-likeness (QED) is 0.833. The van der Waals surface area contributed by atoms with Gasteiger partial charge in [-0.15, -0.1) is 0 Å². The molecule has 0 spiro atoms. The van der Waals surface area contributed by atoms with Crippen molar-refractivity contribution in [3.63, 3.8) is 0 Å². The molecule has 20 heavy (non-hydrogen) atoms. The Labute approximate surface area is 121 Å². The number of hydrogen-bond donors (Lipinski definition) is 1. The van der Waals surface area contributed by atoms with Crippen LogP contribution in [0.2, 0.25) is 0 Å². The SMILES string of the molecule is CC(C)OCCN(C)S(=O)(=O)c1cccc(C(C)O)c1. The van der Waals surface area contributed by atoms with Crippen LogP contribution < -0.4 is 0 Å². The zero-order valence-corrected chi connectivity index (χ0v) is 13.2. The van der Waals surface area contributed by atoms with E-state index in [4.69, 9.17) is 4.74 Å². The number of likely N-dealkylation sites (N-methyl/N-ethyl adjacent to an activating group) is 1. The van der Waals surface area contributed by atoms with Gasteiger partial charge in [-0.1, -0.05) is 12.1 Å². The number of aliphatic hydroxyl groups excluding tert-OH is 1. The van der Waals surface area contributed by atoms with Crippen LogP contribution in [-0.2, 0) is 14.8 Å². The van der Waals surface area contributed by atoms with Crippen LogP contribution >= 0.6 is 0 Å². The van der Waals surface area contributed by atoms with E-state index in [1.54, 1.807) is 19.1 Å². The Balaban J connectivity index is 2.84. The first-order valence-corrected chi connectivity index (χ1v) is 8.05. The maximum absolute atomic E-state index is 12.4. The van der Waals surface area contributed by atoms with Crippen LogP contribution in [0.1, 0.15) is 32.4 Å². The van der Waals surface area contributed by atoms with Crippen LogP contribution in [0.15, 0.2) is 29.2 Å². The summed E-state index contributed by atoms with van der Waals surface area (Å²) in [5.74, 6) is 0. The lowest BCUT2D eigenvalue weighted by molar-refractivity contribution is 0.0737. The third-order valence-corrected chi connectivity index (χ3v) is 4.76. The Morgan fingerprint density at radius 2 is 1.95 bits per heavy atom. The third kappa shape index (κ3) is 4.56. The van der Waals surface area contributed by atoms with E-state index in [1.807, 2.05) is 13.8 Å². The summed E-state index contributed by atoms with van der Waals surface area (Å²) < 4.78 is 31.4. The predicted octanol–water partition coefficient (Wildman–Crippen LogP) is 1.79. The fourth-order valence-electron chi connectivity index (χ4n) is 1.65. The lowest BCUT2D eigenvalue weighted by Crippen LogP contribution is -2.31. The van der Waals surface area contributed by atoms with Gasteiger partial charge in [-0.25, -0.2) is 8.42 Å². The molecule has 0 amide bonds. The lowest BCUT2D eigenvalue weighted by atomic mass is 10.1. The molecule has 0 radical (unpaired) electrons. The van der Waals surface area contributed by atoms with E-state index in [0.29, 0.717) is 18.7 Å². The highest BCUT2D eigenvalue weighted by molar-refractivity contribution is 7.89. The summed E-state index contributed by atoms with van der Waals surface area (Å²) in [6.07, 6.45) is -0.621. The monoisotopic (exact) mass is 301 g/mol. The van der Waals surface area contributed by atoms with E-state index < -0.39 is 16.1 Å². The fraction of sp³-hybridized carbons (Fsp3) is 0.571. The fourth-order valence-corrected chi connectivity index (χ4v) is 2.86. The minimum absolute atomic E-state index is 0.0738. The van der Waals surface area contributed by atoms with E-state index in [-0.39, 0.29) is 11.0 Å². The number of ether oxygens (including phenoxy) is 1. The highest BCUT2D eigenvalue weighted by atomic mass is 32.2. The minimum Gasteiger partial charge on any atom is -0.389 e. The highest BCUT2D eigenvalue weighted by Gasteiger charge is 2.21. The van der Waals surface area contributed by atoms with Crippen molar-refractivity contribution in [2.45, 2.75) is 37.9 Å². The minimum atomic E-state index is -3.55. The van der Waals surface area contributed by atoms with Gasteiger partial charge in [-0.05, 0) is 38.5 Å². The van der Waals surface area contributed by atoms with Crippen molar-refractivity contribution < 1.29 is 18.3 Å². The average Bonchev–Trinajstić information content (AvgIpc) is 2.38. The first kappa shape index (κ1) is 17.1. The van der Waals surface area contributed by atoms with Gasteiger partial charge >= 0.3 is 0 Å². The number of hydrogen-bond acceptors (Lipinski definition) is 4. The molecule has 0 aliphatic rings. The second kappa shape index (κ2) is 7.17. The molecule has 0 bridgehead atoms. The second-order valence-corrected chi connectivity index (χ2v) is 7.04. The molecule has 0 heterocycles. The molecule has 1 rings (SSSR count). The van der Waals surface area contributed by atoms with Gasteiger partial charge < -0.3 is 9.84 Å². The Kier molecular flexibility index (Phi) is 6.13. The van der Waals surface area contributed by atoms with Crippen molar-refractivity contribution >= 4 is 10.0 Å². The van der Waals surface area contributed by atoms with E-state index in [0.717, 1.165) is 0 Å². The standard InChI is InChI=1S/C14H23NO4S/c1-11(2)19-9-8-15(4)20(17,18)14-7-5-6-13(10-14)12(3)16/h5-7,10-12,16H,8-9H2,1-4H3. The summed E-state index contributed by atoms with van der Waals surface area (Å²) in [6.45, 7) is 6.05. The first-order chi connectivity index (χ1) is 9.25. The molecule has 1 N–H and O–H groups in total. The van der Waals surface area contributed by atoms with Crippen molar-refractivity contribution in [3.8, 4) is 0 Å². The van der Waals surface area contributed by atoms with Crippen molar-refractivity contribution in [3.05, 3.63) is 29.8 Å². The van der Waals surface area contributed by atoms with E-state index in [9.17, 15) is 13.5 Å². The van der Waals surface area contributed by atoms with Crippen LogP contribution in [0.4, 0.5) is 0 Å². The number of sulfonamides is 1. The third-order valence-electron chi connectivity index (χ3n) is 2.91. The molecule has 1 atom stereocenters. The summed E-state index contributed by atoms with van der Waals surface area (Å²) in [7, 11) is -2.03. The molecule has 0 saturated carbocycles. The summed E-state index contributed by atoms with van der Waals surface area (Å²) in [4.78, 5) is 0.183. The molecule has 0 aliphatic heterocycles. The molecule has 1 unspecified atom stereocenters.